The topological polar surface area (TPSA) is 111 Å². The summed E-state index contributed by atoms with van der Waals surface area (Å²) >= 11 is 3.44. The highest BCUT2D eigenvalue weighted by Gasteiger charge is 2.12. The molecule has 0 spiro atoms. The third kappa shape index (κ3) is 9.52. The van der Waals surface area contributed by atoms with E-state index in [1.807, 2.05) is 33.8 Å². The fourth-order valence-electron chi connectivity index (χ4n) is 2.96. The number of hydrogen-bond donors (Lipinski definition) is 2. The molecule has 0 bridgehead atoms. The Morgan fingerprint density at radius 1 is 0.857 bits per heavy atom. The monoisotopic (exact) mass is 546 g/mol. The Labute approximate surface area is 213 Å². The minimum absolute atomic E-state index is 0.0117. The average molecular weight is 547 g/mol. The number of carbonyl (C=O) groups is 4. The Hall–Kier alpha value is -3.20. The molecule has 2 aromatic carbocycles. The summed E-state index contributed by atoms with van der Waals surface area (Å²) in [5, 5.41) is 5.44. The van der Waals surface area contributed by atoms with Gasteiger partial charge in [0.25, 0.3) is 5.91 Å². The van der Waals surface area contributed by atoms with Crippen LogP contribution in [0.1, 0.15) is 54.6 Å². The molecule has 8 nitrogen and oxygen atoms in total. The number of carbonyl (C=O) groups excluding carboxylic acids is 4. The highest BCUT2D eigenvalue weighted by molar-refractivity contribution is 9.10. The Balaban J connectivity index is 1.68. The molecule has 35 heavy (non-hydrogen) atoms. The van der Waals surface area contributed by atoms with Crippen molar-refractivity contribution in [3.8, 4) is 0 Å². The van der Waals surface area contributed by atoms with Gasteiger partial charge in [0.15, 0.2) is 6.61 Å². The third-order valence-electron chi connectivity index (χ3n) is 5.10. The van der Waals surface area contributed by atoms with Crippen LogP contribution in [-0.2, 0) is 23.9 Å². The van der Waals surface area contributed by atoms with Gasteiger partial charge in [0.2, 0.25) is 5.91 Å². The number of amides is 2. The summed E-state index contributed by atoms with van der Waals surface area (Å²) in [5.41, 5.74) is 3.53. The quantitative estimate of drug-likeness (QED) is 0.376. The SMILES string of the molecule is Cc1c(Br)ccc(NC(=O)COC(=O)CCCC(=O)Nc2ccc(C(=O)OCC(C)C)cc2)c1C. The first-order valence-corrected chi connectivity index (χ1v) is 12.1. The second-order valence-electron chi connectivity index (χ2n) is 8.53. The van der Waals surface area contributed by atoms with Crippen molar-refractivity contribution in [2.75, 3.05) is 23.8 Å². The Morgan fingerprint density at radius 2 is 1.54 bits per heavy atom. The van der Waals surface area contributed by atoms with Gasteiger partial charge in [-0.25, -0.2) is 4.79 Å². The molecule has 0 unspecified atom stereocenters. The van der Waals surface area contributed by atoms with Gasteiger partial charge in [-0.15, -0.1) is 0 Å². The predicted molar refractivity (Wildman–Crippen MR) is 137 cm³/mol. The molecule has 0 heterocycles. The molecule has 0 saturated heterocycles. The van der Waals surface area contributed by atoms with E-state index >= 15 is 0 Å². The van der Waals surface area contributed by atoms with Crippen molar-refractivity contribution in [1.29, 1.82) is 0 Å². The first-order chi connectivity index (χ1) is 16.6. The number of anilines is 2. The molecule has 188 valence electrons. The van der Waals surface area contributed by atoms with Crippen LogP contribution >= 0.6 is 15.9 Å². The summed E-state index contributed by atoms with van der Waals surface area (Å²) in [7, 11) is 0. The second-order valence-corrected chi connectivity index (χ2v) is 9.38. The van der Waals surface area contributed by atoms with Gasteiger partial charge < -0.3 is 20.1 Å². The first-order valence-electron chi connectivity index (χ1n) is 11.3. The molecule has 0 aliphatic carbocycles. The van der Waals surface area contributed by atoms with Crippen LogP contribution in [0.5, 0.6) is 0 Å². The molecule has 2 N–H and O–H groups in total. The third-order valence-corrected chi connectivity index (χ3v) is 5.96. The van der Waals surface area contributed by atoms with Crippen LogP contribution in [0.15, 0.2) is 40.9 Å². The average Bonchev–Trinajstić information content (AvgIpc) is 2.82. The van der Waals surface area contributed by atoms with E-state index in [0.717, 1.165) is 15.6 Å². The van der Waals surface area contributed by atoms with Gasteiger partial charge in [-0.2, -0.15) is 0 Å². The summed E-state index contributed by atoms with van der Waals surface area (Å²) < 4.78 is 11.1. The molecule has 0 saturated carbocycles. The zero-order valence-electron chi connectivity index (χ0n) is 20.4. The van der Waals surface area contributed by atoms with Crippen molar-refractivity contribution in [2.24, 2.45) is 5.92 Å². The van der Waals surface area contributed by atoms with Crippen molar-refractivity contribution in [3.63, 3.8) is 0 Å². The second kappa shape index (κ2) is 13.6. The number of rotatable bonds is 11. The van der Waals surface area contributed by atoms with Crippen LogP contribution in [0, 0.1) is 19.8 Å². The summed E-state index contributed by atoms with van der Waals surface area (Å²) in [6, 6.07) is 10.0. The van der Waals surface area contributed by atoms with Gasteiger partial charge in [0.05, 0.1) is 12.2 Å². The Morgan fingerprint density at radius 3 is 2.20 bits per heavy atom. The van der Waals surface area contributed by atoms with Crippen LogP contribution in [0.3, 0.4) is 0 Å². The number of nitrogens with one attached hydrogen (secondary N) is 2. The molecule has 0 fully saturated rings. The minimum Gasteiger partial charge on any atom is -0.462 e. The Kier molecular flexibility index (Phi) is 10.9. The largest absolute Gasteiger partial charge is 0.462 e. The number of halogens is 1. The van der Waals surface area contributed by atoms with Crippen LogP contribution in [0.25, 0.3) is 0 Å². The summed E-state index contributed by atoms with van der Waals surface area (Å²) in [4.78, 5) is 48.1. The highest BCUT2D eigenvalue weighted by Crippen LogP contribution is 2.25. The van der Waals surface area contributed by atoms with Crippen molar-refractivity contribution in [1.82, 2.24) is 0 Å². The number of ether oxygens (including phenoxy) is 2. The van der Waals surface area contributed by atoms with Gasteiger partial charge in [-0.3, -0.25) is 14.4 Å². The lowest BCUT2D eigenvalue weighted by molar-refractivity contribution is -0.147. The zero-order chi connectivity index (χ0) is 26.0. The molecule has 0 atom stereocenters. The lowest BCUT2D eigenvalue weighted by Crippen LogP contribution is -2.21. The van der Waals surface area contributed by atoms with Gasteiger partial charge >= 0.3 is 11.9 Å². The standard InChI is InChI=1S/C26H31BrN2O6/c1-16(2)14-35-26(33)19-8-10-20(11-9-19)28-23(30)6-5-7-25(32)34-15-24(31)29-22-13-12-21(27)17(3)18(22)4/h8-13,16H,5-7,14-15H2,1-4H3,(H,28,30)(H,29,31). The molecular formula is C26H31BrN2O6. The molecular weight excluding hydrogens is 516 g/mol. The number of hydrogen-bond acceptors (Lipinski definition) is 6. The van der Waals surface area contributed by atoms with Gasteiger partial charge in [-0.05, 0) is 73.7 Å². The molecule has 0 aliphatic heterocycles. The zero-order valence-corrected chi connectivity index (χ0v) is 22.0. The van der Waals surface area contributed by atoms with E-state index in [4.69, 9.17) is 9.47 Å². The molecule has 2 amide bonds. The normalized spacial score (nSPS) is 10.6. The van der Waals surface area contributed by atoms with Gasteiger partial charge in [0, 0.05) is 28.7 Å². The minimum atomic E-state index is -0.555. The fraction of sp³-hybridized carbons (Fsp3) is 0.385. The van der Waals surface area contributed by atoms with E-state index in [9.17, 15) is 19.2 Å². The van der Waals surface area contributed by atoms with E-state index in [1.54, 1.807) is 30.3 Å². The van der Waals surface area contributed by atoms with Crippen molar-refractivity contribution < 1.29 is 28.7 Å². The van der Waals surface area contributed by atoms with E-state index in [1.165, 1.54) is 0 Å². The lowest BCUT2D eigenvalue weighted by atomic mass is 10.1. The predicted octanol–water partition coefficient (Wildman–Crippen LogP) is 5.17. The van der Waals surface area contributed by atoms with Crippen molar-refractivity contribution in [2.45, 2.75) is 47.0 Å². The molecule has 0 radical (unpaired) electrons. The van der Waals surface area contributed by atoms with E-state index in [2.05, 4.69) is 26.6 Å². The van der Waals surface area contributed by atoms with E-state index in [-0.39, 0.29) is 31.1 Å². The summed E-state index contributed by atoms with van der Waals surface area (Å²) in [6.45, 7) is 7.68. The highest BCUT2D eigenvalue weighted by atomic mass is 79.9. The number of benzene rings is 2. The van der Waals surface area contributed by atoms with E-state index in [0.29, 0.717) is 23.5 Å². The van der Waals surface area contributed by atoms with Crippen molar-refractivity contribution >= 4 is 51.1 Å². The van der Waals surface area contributed by atoms with Gasteiger partial charge in [-0.1, -0.05) is 29.8 Å². The maximum Gasteiger partial charge on any atom is 0.338 e. The van der Waals surface area contributed by atoms with Gasteiger partial charge in [0.1, 0.15) is 0 Å². The fourth-order valence-corrected chi connectivity index (χ4v) is 3.39. The summed E-state index contributed by atoms with van der Waals surface area (Å²) in [6.07, 6.45) is 0.394. The van der Waals surface area contributed by atoms with Crippen LogP contribution in [0.2, 0.25) is 0 Å². The maximum absolute atomic E-state index is 12.1. The molecule has 0 aromatic heterocycles. The molecule has 9 heteroatoms. The van der Waals surface area contributed by atoms with Crippen LogP contribution < -0.4 is 10.6 Å². The maximum atomic E-state index is 12.1. The Bertz CT molecular complexity index is 1070. The van der Waals surface area contributed by atoms with Crippen LogP contribution in [0.4, 0.5) is 11.4 Å². The first kappa shape index (κ1) is 28.0. The lowest BCUT2D eigenvalue weighted by Gasteiger charge is -2.12. The molecule has 2 rings (SSSR count). The molecule has 0 aliphatic rings. The van der Waals surface area contributed by atoms with Crippen molar-refractivity contribution in [3.05, 3.63) is 57.6 Å². The summed E-state index contributed by atoms with van der Waals surface area (Å²) in [5.74, 6) is -1.42. The smallest absolute Gasteiger partial charge is 0.338 e. The number of esters is 2. The molecule has 2 aromatic rings. The van der Waals surface area contributed by atoms with E-state index < -0.39 is 24.5 Å². The van der Waals surface area contributed by atoms with Crippen LogP contribution in [-0.4, -0.2) is 37.0 Å².